The van der Waals surface area contributed by atoms with Crippen LogP contribution in [0.25, 0.3) is 0 Å². The minimum absolute atomic E-state index is 0.0357. The van der Waals surface area contributed by atoms with Gasteiger partial charge in [0.25, 0.3) is 0 Å². The first-order valence-corrected chi connectivity index (χ1v) is 8.68. The second kappa shape index (κ2) is 9.24. The smallest absolute Gasteiger partial charge is 0.348 e. The molecule has 1 aromatic heterocycles. The average Bonchev–Trinajstić information content (AvgIpc) is 2.99. The number of hydrogen-bond acceptors (Lipinski definition) is 9. The second-order valence-corrected chi connectivity index (χ2v) is 6.53. The highest BCUT2D eigenvalue weighted by atomic mass is 35.5. The van der Waals surface area contributed by atoms with Crippen molar-refractivity contribution in [3.8, 4) is 5.75 Å². The molecule has 0 unspecified atom stereocenters. The van der Waals surface area contributed by atoms with Crippen LogP contribution in [0.1, 0.15) is 25.6 Å². The molecule has 0 saturated carbocycles. The molecule has 0 aliphatic carbocycles. The Morgan fingerprint density at radius 2 is 1.85 bits per heavy atom. The zero-order valence-corrected chi connectivity index (χ0v) is 16.0. The number of halogens is 1. The highest BCUT2D eigenvalue weighted by Crippen LogP contribution is 2.33. The molecule has 0 atom stereocenters. The number of rotatable bonds is 7. The zero-order chi connectivity index (χ0) is 20.0. The quantitative estimate of drug-likeness (QED) is 0.544. The molecule has 8 nitrogen and oxygen atoms in total. The fourth-order valence-corrected chi connectivity index (χ4v) is 3.26. The number of esters is 3. The Labute approximate surface area is 163 Å². The highest BCUT2D eigenvalue weighted by molar-refractivity contribution is 7.18. The first kappa shape index (κ1) is 20.5. The van der Waals surface area contributed by atoms with E-state index in [1.165, 1.54) is 14.2 Å². The molecule has 2 rings (SSSR count). The molecule has 0 radical (unpaired) electrons. The number of thiophene rings is 1. The molecule has 0 spiro atoms. The van der Waals surface area contributed by atoms with Crippen LogP contribution in [-0.2, 0) is 25.6 Å². The third-order valence-electron chi connectivity index (χ3n) is 3.32. The van der Waals surface area contributed by atoms with Crippen molar-refractivity contribution in [3.63, 3.8) is 0 Å². The van der Waals surface area contributed by atoms with Crippen molar-refractivity contribution in [2.24, 2.45) is 0 Å². The lowest BCUT2D eigenvalue weighted by atomic mass is 10.1. The topological polar surface area (TPSA) is 114 Å². The summed E-state index contributed by atoms with van der Waals surface area (Å²) in [6.07, 6.45) is 0. The number of hydrogen-bond donors (Lipinski definition) is 1. The number of nitrogens with two attached hydrogens (primary N) is 1. The van der Waals surface area contributed by atoms with Crippen LogP contribution < -0.4 is 10.5 Å². The average molecular weight is 414 g/mol. The Kier molecular flexibility index (Phi) is 7.03. The van der Waals surface area contributed by atoms with Crippen LogP contribution in [-0.4, -0.2) is 38.7 Å². The Morgan fingerprint density at radius 3 is 2.48 bits per heavy atom. The van der Waals surface area contributed by atoms with Gasteiger partial charge in [-0.05, 0) is 18.2 Å². The second-order valence-electron chi connectivity index (χ2n) is 5.04. The molecule has 0 aliphatic rings. The van der Waals surface area contributed by atoms with E-state index in [9.17, 15) is 14.4 Å². The Balaban J connectivity index is 2.10. The summed E-state index contributed by atoms with van der Waals surface area (Å²) >= 11 is 6.68. The van der Waals surface area contributed by atoms with Gasteiger partial charge in [0.05, 0.1) is 14.2 Å². The summed E-state index contributed by atoms with van der Waals surface area (Å²) < 4.78 is 19.7. The molecule has 1 heterocycles. The van der Waals surface area contributed by atoms with Gasteiger partial charge in [-0.1, -0.05) is 17.7 Å². The number of methoxy groups -OCH3 is 2. The molecule has 1 aromatic carbocycles. The zero-order valence-electron chi connectivity index (χ0n) is 14.4. The van der Waals surface area contributed by atoms with E-state index in [0.717, 1.165) is 11.3 Å². The van der Waals surface area contributed by atoms with E-state index in [0.29, 0.717) is 10.8 Å². The summed E-state index contributed by atoms with van der Waals surface area (Å²) in [4.78, 5) is 35.8. The van der Waals surface area contributed by atoms with E-state index in [4.69, 9.17) is 26.8 Å². The largest absolute Gasteiger partial charge is 0.482 e. The molecule has 0 saturated heterocycles. The summed E-state index contributed by atoms with van der Waals surface area (Å²) in [6.45, 7) is -0.763. The number of nitrogen functional groups attached to an aromatic ring is 1. The van der Waals surface area contributed by atoms with Crippen LogP contribution in [0.3, 0.4) is 0 Å². The lowest BCUT2D eigenvalue weighted by Crippen LogP contribution is -2.17. The van der Waals surface area contributed by atoms with Gasteiger partial charge in [-0.2, -0.15) is 0 Å². The molecule has 0 amide bonds. The van der Waals surface area contributed by atoms with E-state index in [-0.39, 0.29) is 34.2 Å². The van der Waals surface area contributed by atoms with Gasteiger partial charge < -0.3 is 24.7 Å². The van der Waals surface area contributed by atoms with Gasteiger partial charge in [0.2, 0.25) is 0 Å². The standard InChI is InChI=1S/C17H16ClNO7S/c1-23-16(21)13-11(14(17(22)24-2)27-15(13)19)7-26-12(20)8-25-10-5-3-4-9(18)6-10/h3-6H,7-8,19H2,1-2H3. The van der Waals surface area contributed by atoms with Crippen molar-refractivity contribution in [3.05, 3.63) is 45.3 Å². The molecule has 2 aromatic rings. The van der Waals surface area contributed by atoms with E-state index in [1.54, 1.807) is 24.3 Å². The summed E-state index contributed by atoms with van der Waals surface area (Å²) in [7, 11) is 2.36. The van der Waals surface area contributed by atoms with E-state index in [1.807, 2.05) is 0 Å². The van der Waals surface area contributed by atoms with Gasteiger partial charge in [-0.25, -0.2) is 14.4 Å². The molecular weight excluding hydrogens is 398 g/mol. The monoisotopic (exact) mass is 413 g/mol. The summed E-state index contributed by atoms with van der Waals surface area (Å²) in [5.41, 5.74) is 5.88. The predicted molar refractivity (Wildman–Crippen MR) is 98.2 cm³/mol. The molecule has 0 fully saturated rings. The molecule has 2 N–H and O–H groups in total. The minimum atomic E-state index is -0.750. The van der Waals surface area contributed by atoms with Crippen LogP contribution in [0.2, 0.25) is 5.02 Å². The fraction of sp³-hybridized carbons (Fsp3) is 0.235. The van der Waals surface area contributed by atoms with Gasteiger partial charge in [-0.15, -0.1) is 11.3 Å². The van der Waals surface area contributed by atoms with Crippen LogP contribution in [0.15, 0.2) is 24.3 Å². The Bertz CT molecular complexity index is 865. The maximum atomic E-state index is 11.9. The first-order valence-electron chi connectivity index (χ1n) is 7.49. The summed E-state index contributed by atoms with van der Waals surface area (Å²) in [5, 5.41) is 0.517. The maximum absolute atomic E-state index is 11.9. The van der Waals surface area contributed by atoms with Crippen LogP contribution in [0.5, 0.6) is 5.75 Å². The van der Waals surface area contributed by atoms with E-state index >= 15 is 0 Å². The van der Waals surface area contributed by atoms with E-state index < -0.39 is 17.9 Å². The maximum Gasteiger partial charge on any atom is 0.348 e. The van der Waals surface area contributed by atoms with E-state index in [2.05, 4.69) is 9.47 Å². The Morgan fingerprint density at radius 1 is 1.15 bits per heavy atom. The van der Waals surface area contributed by atoms with Crippen molar-refractivity contribution in [1.82, 2.24) is 0 Å². The first-order chi connectivity index (χ1) is 12.9. The summed E-state index contributed by atoms with van der Waals surface area (Å²) in [5.74, 6) is -1.78. The van der Waals surface area contributed by atoms with Gasteiger partial charge in [0, 0.05) is 10.6 Å². The van der Waals surface area contributed by atoms with Crippen molar-refractivity contribution < 1.29 is 33.3 Å². The number of carbonyl (C=O) groups is 3. The van der Waals surface area contributed by atoms with Crippen molar-refractivity contribution in [1.29, 1.82) is 0 Å². The van der Waals surface area contributed by atoms with Gasteiger partial charge in [0.15, 0.2) is 6.61 Å². The third kappa shape index (κ3) is 5.11. The third-order valence-corrected chi connectivity index (χ3v) is 4.60. The molecular formula is C17H16ClNO7S. The van der Waals surface area contributed by atoms with Crippen LogP contribution in [0, 0.1) is 0 Å². The number of benzene rings is 1. The van der Waals surface area contributed by atoms with Gasteiger partial charge >= 0.3 is 17.9 Å². The van der Waals surface area contributed by atoms with Gasteiger partial charge in [-0.3, -0.25) is 0 Å². The molecule has 27 heavy (non-hydrogen) atoms. The number of ether oxygens (including phenoxy) is 4. The van der Waals surface area contributed by atoms with Gasteiger partial charge in [0.1, 0.15) is 27.8 Å². The highest BCUT2D eigenvalue weighted by Gasteiger charge is 2.28. The lowest BCUT2D eigenvalue weighted by Gasteiger charge is -2.09. The van der Waals surface area contributed by atoms with Crippen molar-refractivity contribution in [2.45, 2.75) is 6.61 Å². The molecule has 0 aliphatic heterocycles. The van der Waals surface area contributed by atoms with Crippen LogP contribution in [0.4, 0.5) is 5.00 Å². The SMILES string of the molecule is COC(=O)c1sc(N)c(C(=O)OC)c1COC(=O)COc1cccc(Cl)c1. The Hall–Kier alpha value is -2.78. The summed E-state index contributed by atoms with van der Waals surface area (Å²) in [6, 6.07) is 6.50. The number of carbonyl (C=O) groups excluding carboxylic acids is 3. The normalized spacial score (nSPS) is 10.2. The van der Waals surface area contributed by atoms with Crippen molar-refractivity contribution in [2.75, 3.05) is 26.6 Å². The number of anilines is 1. The van der Waals surface area contributed by atoms with Crippen LogP contribution >= 0.6 is 22.9 Å². The predicted octanol–water partition coefficient (Wildman–Crippen LogP) is 2.68. The lowest BCUT2D eigenvalue weighted by molar-refractivity contribution is -0.147. The molecule has 144 valence electrons. The molecule has 10 heteroatoms. The fourth-order valence-electron chi connectivity index (χ4n) is 2.10. The molecule has 0 bridgehead atoms. The minimum Gasteiger partial charge on any atom is -0.482 e. The van der Waals surface area contributed by atoms with Crippen molar-refractivity contribution >= 4 is 45.8 Å².